The molecule has 10 aromatic carbocycles. The lowest BCUT2D eigenvalue weighted by Gasteiger charge is -2.22. The van der Waals surface area contributed by atoms with Gasteiger partial charge < -0.3 is 9.13 Å². The zero-order valence-electron chi connectivity index (χ0n) is 45.0. The number of alkyl halides is 9. The van der Waals surface area contributed by atoms with E-state index in [9.17, 15) is 31.6 Å². The van der Waals surface area contributed by atoms with Gasteiger partial charge in [0.15, 0.2) is 5.69 Å². The van der Waals surface area contributed by atoms with E-state index < -0.39 is 35.2 Å². The highest BCUT2D eigenvalue weighted by molar-refractivity contribution is 6.14. The number of benzene rings is 10. The molecule has 408 valence electrons. The summed E-state index contributed by atoms with van der Waals surface area (Å²) in [7, 11) is 0. The van der Waals surface area contributed by atoms with E-state index in [1.165, 1.54) is 18.2 Å². The Bertz CT molecular complexity index is 4660. The molecule has 0 atom stereocenters. The van der Waals surface area contributed by atoms with Crippen LogP contribution in [0.1, 0.15) is 50.1 Å². The lowest BCUT2D eigenvalue weighted by molar-refractivity contribution is -0.138. The summed E-state index contributed by atoms with van der Waals surface area (Å²) in [5.41, 5.74) is 9.35. The van der Waals surface area contributed by atoms with Gasteiger partial charge >= 0.3 is 18.5 Å². The number of hydrogen-bond acceptors (Lipinski definition) is 1. The van der Waals surface area contributed by atoms with Crippen LogP contribution in [0.15, 0.2) is 182 Å². The van der Waals surface area contributed by atoms with E-state index in [1.807, 2.05) is 95.8 Å². The minimum atomic E-state index is -4.71. The molecule has 0 spiro atoms. The maximum absolute atomic E-state index is 15.0. The van der Waals surface area contributed by atoms with Crippen molar-refractivity contribution >= 4 is 49.3 Å². The molecule has 0 aliphatic carbocycles. The smallest absolute Gasteiger partial charge is 0.308 e. The topological polar surface area (TPSA) is 38.0 Å². The van der Waals surface area contributed by atoms with E-state index in [2.05, 4.69) is 17.0 Å². The Hall–Kier alpha value is -9.85. The fourth-order valence-corrected chi connectivity index (χ4v) is 11.9. The van der Waals surface area contributed by atoms with Crippen LogP contribution in [0.3, 0.4) is 0 Å². The van der Waals surface area contributed by atoms with Crippen LogP contribution >= 0.6 is 0 Å². The fourth-order valence-electron chi connectivity index (χ4n) is 11.9. The van der Waals surface area contributed by atoms with Crippen LogP contribution in [-0.2, 0) is 18.5 Å². The molecule has 0 amide bonds. The van der Waals surface area contributed by atoms with Gasteiger partial charge in [0, 0.05) is 27.1 Å². The van der Waals surface area contributed by atoms with Gasteiger partial charge in [0.25, 0.3) is 0 Å². The van der Waals surface area contributed by atoms with Gasteiger partial charge in [-0.15, -0.1) is 0 Å². The highest BCUT2D eigenvalue weighted by Gasteiger charge is 2.35. The van der Waals surface area contributed by atoms with E-state index in [0.29, 0.717) is 99.7 Å². The van der Waals surface area contributed by atoms with Crippen LogP contribution in [0.2, 0.25) is 0 Å². The summed E-state index contributed by atoms with van der Waals surface area (Å²) in [6.07, 6.45) is -13.9. The first-order chi connectivity index (χ1) is 39.5. The van der Waals surface area contributed by atoms with Gasteiger partial charge in [-0.3, -0.25) is 0 Å². The second-order valence-electron chi connectivity index (χ2n) is 21.2. The molecule has 0 aliphatic heterocycles. The van der Waals surface area contributed by atoms with Gasteiger partial charge in [0.1, 0.15) is 0 Å². The Morgan fingerprint density at radius 2 is 0.795 bits per heavy atom. The monoisotopic (exact) mass is 1110 g/mol. The van der Waals surface area contributed by atoms with Crippen LogP contribution in [0.5, 0.6) is 0 Å². The number of hydrogen-bond donors (Lipinski definition) is 0. The third-order valence-electron chi connectivity index (χ3n) is 15.7. The van der Waals surface area contributed by atoms with Crippen LogP contribution < -0.4 is 0 Å². The minimum absolute atomic E-state index is 0.0438. The molecule has 0 radical (unpaired) electrons. The average molecular weight is 1110 g/mol. The van der Waals surface area contributed by atoms with Crippen molar-refractivity contribution in [3.05, 3.63) is 243 Å². The summed E-state index contributed by atoms with van der Waals surface area (Å²) in [5.74, 6) is 0. The number of aryl methyl sites for hydroxylation is 5. The molecule has 0 fully saturated rings. The molecule has 0 aliphatic rings. The van der Waals surface area contributed by atoms with Gasteiger partial charge in [-0.05, 0) is 174 Å². The normalized spacial score (nSPS) is 12.2. The first-order valence-electron chi connectivity index (χ1n) is 26.3. The summed E-state index contributed by atoms with van der Waals surface area (Å²) in [5, 5.41) is 14.1. The molecule has 0 N–H and O–H groups in total. The molecule has 12 rings (SSSR count). The molecule has 83 heavy (non-hydrogen) atoms. The van der Waals surface area contributed by atoms with Gasteiger partial charge in [0.2, 0.25) is 0 Å². The first-order valence-corrected chi connectivity index (χ1v) is 26.3. The summed E-state index contributed by atoms with van der Waals surface area (Å²) < 4.78 is 133. The Morgan fingerprint density at radius 1 is 0.398 bits per heavy atom. The first kappa shape index (κ1) is 53.8. The molecule has 0 bridgehead atoms. The maximum atomic E-state index is 15.0. The zero-order valence-corrected chi connectivity index (χ0v) is 45.0. The number of fused-ring (bicyclic) bond motifs is 6. The number of aromatic nitrogens is 2. The molecule has 0 saturated heterocycles. The molecule has 0 saturated carbocycles. The SMILES string of the molecule is [C-]#[N+]c1cccc(-c2c(-n3c4cc(-c5ccc(C(F)(F)F)cc5C)ccc4c4ccc(-c5ccc(C(F)(F)F)cc5C)cc43)cc(C#N)cc2-n2c3cc(-c4ccc(C)cc4C)ccc3c3ccc(-c4ccc(C)cc4C(F)(F)F)cc32)c1. The fraction of sp³-hybridized carbons (Fsp3) is 0.114. The van der Waals surface area contributed by atoms with E-state index >= 15 is 13.2 Å². The van der Waals surface area contributed by atoms with Crippen LogP contribution in [0.25, 0.3) is 115 Å². The molecule has 13 heteroatoms. The highest BCUT2D eigenvalue weighted by Crippen LogP contribution is 2.48. The van der Waals surface area contributed by atoms with Crippen LogP contribution in [0, 0.1) is 52.5 Å². The second-order valence-corrected chi connectivity index (χ2v) is 21.2. The zero-order chi connectivity index (χ0) is 58.6. The number of halogens is 9. The molecule has 0 unspecified atom stereocenters. The maximum Gasteiger partial charge on any atom is 0.417 e. The summed E-state index contributed by atoms with van der Waals surface area (Å²) in [6, 6.07) is 52.4. The van der Waals surface area contributed by atoms with Gasteiger partial charge in [-0.1, -0.05) is 120 Å². The molecule has 2 aromatic heterocycles. The third kappa shape index (κ3) is 9.42. The predicted octanol–water partition coefficient (Wildman–Crippen LogP) is 21.2. The van der Waals surface area contributed by atoms with Crippen molar-refractivity contribution in [2.45, 2.75) is 53.1 Å². The molecule has 2 heterocycles. The second kappa shape index (κ2) is 19.7. The quantitative estimate of drug-likeness (QED) is 0.116. The Kier molecular flexibility index (Phi) is 12.8. The highest BCUT2D eigenvalue weighted by atomic mass is 19.4. The standard InChI is InChI=1S/C70H45F9N4/c1-38-10-18-52(40(3)26-38)44-12-20-58-59-23-15-47(55-19-11-39(2)27-60(55)70(77,78)79)36-64(59)83(61(58)33-44)66-31-43(37-80)30-65(67(66)48-8-7-9-51(32-48)81-6)82-62-34-45(53-24-16-49(28-41(53)4)68(71,72)73)13-21-56(62)57-22-14-46(35-63(57)82)54-25-17-50(29-42(54)5)69(74,75)76/h7-36H,1-5H3. The van der Waals surface area contributed by atoms with Crippen molar-refractivity contribution in [1.29, 1.82) is 5.26 Å². The van der Waals surface area contributed by atoms with E-state index in [4.69, 9.17) is 6.57 Å². The van der Waals surface area contributed by atoms with Crippen molar-refractivity contribution in [3.8, 4) is 73.1 Å². The summed E-state index contributed by atoms with van der Waals surface area (Å²) in [6.45, 7) is 17.0. The number of rotatable bonds is 7. The van der Waals surface area contributed by atoms with Gasteiger partial charge in [0.05, 0.1) is 68.3 Å². The third-order valence-corrected chi connectivity index (χ3v) is 15.7. The number of nitrogens with zero attached hydrogens (tertiary/aromatic N) is 4. The van der Waals surface area contributed by atoms with E-state index in [-0.39, 0.29) is 22.4 Å². The minimum Gasteiger partial charge on any atom is -0.308 e. The van der Waals surface area contributed by atoms with Crippen molar-refractivity contribution in [3.63, 3.8) is 0 Å². The lowest BCUT2D eigenvalue weighted by Crippen LogP contribution is -2.08. The largest absolute Gasteiger partial charge is 0.417 e. The van der Waals surface area contributed by atoms with Crippen LogP contribution in [-0.4, -0.2) is 9.13 Å². The van der Waals surface area contributed by atoms with Gasteiger partial charge in [-0.25, -0.2) is 4.85 Å². The van der Waals surface area contributed by atoms with Crippen molar-refractivity contribution in [2.75, 3.05) is 0 Å². The number of nitriles is 1. The molecule has 12 aromatic rings. The Balaban J connectivity index is 1.25. The van der Waals surface area contributed by atoms with Crippen molar-refractivity contribution in [2.24, 2.45) is 0 Å². The van der Waals surface area contributed by atoms with Gasteiger partial charge in [-0.2, -0.15) is 44.8 Å². The van der Waals surface area contributed by atoms with E-state index in [0.717, 1.165) is 58.0 Å². The summed E-state index contributed by atoms with van der Waals surface area (Å²) >= 11 is 0. The summed E-state index contributed by atoms with van der Waals surface area (Å²) in [4.78, 5) is 3.81. The Morgan fingerprint density at radius 3 is 1.18 bits per heavy atom. The molecular weight excluding hydrogens is 1070 g/mol. The molecule has 4 nitrogen and oxygen atoms in total. The predicted molar refractivity (Wildman–Crippen MR) is 312 cm³/mol. The van der Waals surface area contributed by atoms with Crippen molar-refractivity contribution in [1.82, 2.24) is 9.13 Å². The Labute approximate surface area is 471 Å². The van der Waals surface area contributed by atoms with E-state index in [1.54, 1.807) is 75.4 Å². The van der Waals surface area contributed by atoms with Crippen molar-refractivity contribution < 1.29 is 39.5 Å². The lowest BCUT2D eigenvalue weighted by atomic mass is 9.96. The van der Waals surface area contributed by atoms with Crippen LogP contribution in [0.4, 0.5) is 45.2 Å². The average Bonchev–Trinajstić information content (AvgIpc) is 3.50. The molecular formula is C70H45F9N4.